The molecule has 1 aliphatic carbocycles. The predicted molar refractivity (Wildman–Crippen MR) is 133 cm³/mol. The lowest BCUT2D eigenvalue weighted by atomic mass is 9.92. The number of pyridine rings is 1. The van der Waals surface area contributed by atoms with Crippen LogP contribution in [0.25, 0.3) is 22.2 Å². The van der Waals surface area contributed by atoms with Crippen LogP contribution in [0.3, 0.4) is 0 Å². The van der Waals surface area contributed by atoms with Crippen molar-refractivity contribution in [3.63, 3.8) is 0 Å². The summed E-state index contributed by atoms with van der Waals surface area (Å²) in [6, 6.07) is 20.5. The molecule has 2 N–H and O–H groups in total. The van der Waals surface area contributed by atoms with Crippen molar-refractivity contribution in [1.82, 2.24) is 9.55 Å². The fourth-order valence-electron chi connectivity index (χ4n) is 4.90. The summed E-state index contributed by atoms with van der Waals surface area (Å²) in [5.74, 6) is 2.23. The highest BCUT2D eigenvalue weighted by atomic mass is 16.5. The zero-order valence-electron chi connectivity index (χ0n) is 19.2. The number of hydrogen-bond acceptors (Lipinski definition) is 5. The maximum absolute atomic E-state index is 6.76. The van der Waals surface area contributed by atoms with E-state index in [2.05, 4.69) is 33.8 Å². The molecule has 174 valence electrons. The Labute approximate surface area is 199 Å². The van der Waals surface area contributed by atoms with Gasteiger partial charge in [0.25, 0.3) is 0 Å². The summed E-state index contributed by atoms with van der Waals surface area (Å²) in [4.78, 5) is 4.24. The quantitative estimate of drug-likeness (QED) is 0.366. The Hall–Kier alpha value is -3.51. The molecule has 6 heteroatoms. The molecule has 0 spiro atoms. The van der Waals surface area contributed by atoms with Gasteiger partial charge in [-0.2, -0.15) is 0 Å². The molecular weight excluding hydrogens is 426 g/mol. The van der Waals surface area contributed by atoms with Gasteiger partial charge < -0.3 is 24.5 Å². The molecule has 0 unspecified atom stereocenters. The molecule has 3 heterocycles. The molecule has 0 atom stereocenters. The number of hydrogen-bond donors (Lipinski definition) is 1. The molecule has 6 nitrogen and oxygen atoms in total. The van der Waals surface area contributed by atoms with E-state index < -0.39 is 0 Å². The molecule has 2 aliphatic rings. The number of fused-ring (bicyclic) bond motifs is 1. The lowest BCUT2D eigenvalue weighted by molar-refractivity contribution is 0.0256. The van der Waals surface area contributed by atoms with Crippen LogP contribution in [0, 0.1) is 0 Å². The Morgan fingerprint density at radius 3 is 2.41 bits per heavy atom. The van der Waals surface area contributed by atoms with Crippen LogP contribution in [0.4, 0.5) is 5.69 Å². The SMILES string of the molecule is Nc1c(-c2ccc(Oc3ccccn3)cc2)n(C2CCC2)c2cc(OC3CCOCC3)ccc12. The number of ether oxygens (including phenoxy) is 3. The lowest BCUT2D eigenvalue weighted by Crippen LogP contribution is -2.25. The van der Waals surface area contributed by atoms with Crippen molar-refractivity contribution in [3.8, 4) is 28.6 Å². The third-order valence-electron chi connectivity index (χ3n) is 6.91. The number of aromatic nitrogens is 2. The van der Waals surface area contributed by atoms with Gasteiger partial charge in [0.05, 0.1) is 30.1 Å². The number of nitrogen functional groups attached to an aromatic ring is 1. The predicted octanol–water partition coefficient (Wildman–Crippen LogP) is 6.36. The van der Waals surface area contributed by atoms with Crippen molar-refractivity contribution in [2.24, 2.45) is 0 Å². The van der Waals surface area contributed by atoms with E-state index in [1.165, 1.54) is 19.3 Å². The Kier molecular flexibility index (Phi) is 5.59. The van der Waals surface area contributed by atoms with Crippen LogP contribution < -0.4 is 15.2 Å². The summed E-state index contributed by atoms with van der Waals surface area (Å²) < 4.78 is 20.1. The summed E-state index contributed by atoms with van der Waals surface area (Å²) in [6.07, 6.45) is 7.39. The lowest BCUT2D eigenvalue weighted by Gasteiger charge is -2.30. The Morgan fingerprint density at radius 1 is 0.912 bits per heavy atom. The Morgan fingerprint density at radius 2 is 1.71 bits per heavy atom. The number of nitrogens with zero attached hydrogens (tertiary/aromatic N) is 2. The van der Waals surface area contributed by atoms with E-state index in [4.69, 9.17) is 19.9 Å². The molecule has 6 rings (SSSR count). The second kappa shape index (κ2) is 9.03. The summed E-state index contributed by atoms with van der Waals surface area (Å²) in [6.45, 7) is 1.53. The molecule has 2 fully saturated rings. The number of nitrogens with two attached hydrogens (primary N) is 1. The van der Waals surface area contributed by atoms with Gasteiger partial charge in [-0.05, 0) is 61.7 Å². The minimum Gasteiger partial charge on any atom is -0.490 e. The van der Waals surface area contributed by atoms with Gasteiger partial charge in [-0.25, -0.2) is 4.98 Å². The largest absolute Gasteiger partial charge is 0.490 e. The maximum atomic E-state index is 6.76. The second-order valence-corrected chi connectivity index (χ2v) is 9.12. The van der Waals surface area contributed by atoms with Crippen LogP contribution in [0.5, 0.6) is 17.4 Å². The van der Waals surface area contributed by atoms with Crippen molar-refractivity contribution in [2.45, 2.75) is 44.2 Å². The molecule has 4 aromatic rings. The van der Waals surface area contributed by atoms with Crippen molar-refractivity contribution in [1.29, 1.82) is 0 Å². The van der Waals surface area contributed by atoms with Crippen LogP contribution in [-0.4, -0.2) is 28.9 Å². The number of rotatable bonds is 6. The van der Waals surface area contributed by atoms with Crippen LogP contribution in [0.2, 0.25) is 0 Å². The second-order valence-electron chi connectivity index (χ2n) is 9.12. The fourth-order valence-corrected chi connectivity index (χ4v) is 4.90. The first-order chi connectivity index (χ1) is 16.8. The topological polar surface area (TPSA) is 71.5 Å². The van der Waals surface area contributed by atoms with E-state index in [0.29, 0.717) is 11.9 Å². The molecule has 2 aromatic carbocycles. The van der Waals surface area contributed by atoms with Crippen molar-refractivity contribution in [2.75, 3.05) is 18.9 Å². The van der Waals surface area contributed by atoms with Crippen molar-refractivity contribution >= 4 is 16.6 Å². The van der Waals surface area contributed by atoms with Gasteiger partial charge in [0.15, 0.2) is 0 Å². The molecule has 0 bridgehead atoms. The first-order valence-corrected chi connectivity index (χ1v) is 12.1. The average Bonchev–Trinajstić information content (AvgIpc) is 3.11. The van der Waals surface area contributed by atoms with E-state index in [1.54, 1.807) is 6.20 Å². The fraction of sp³-hybridized carbons (Fsp3) is 0.321. The minimum absolute atomic E-state index is 0.210. The molecular formula is C28H29N3O3. The summed E-state index contributed by atoms with van der Waals surface area (Å²) in [5, 5.41) is 1.08. The molecule has 34 heavy (non-hydrogen) atoms. The van der Waals surface area contributed by atoms with E-state index >= 15 is 0 Å². The summed E-state index contributed by atoms with van der Waals surface area (Å²) in [7, 11) is 0. The summed E-state index contributed by atoms with van der Waals surface area (Å²) >= 11 is 0. The highest BCUT2D eigenvalue weighted by Crippen LogP contribution is 2.45. The van der Waals surface area contributed by atoms with Gasteiger partial charge in [0.1, 0.15) is 17.6 Å². The Bertz CT molecular complexity index is 1270. The van der Waals surface area contributed by atoms with Crippen LogP contribution in [0.15, 0.2) is 66.9 Å². The van der Waals surface area contributed by atoms with E-state index in [9.17, 15) is 0 Å². The highest BCUT2D eigenvalue weighted by molar-refractivity contribution is 6.01. The van der Waals surface area contributed by atoms with Crippen molar-refractivity contribution < 1.29 is 14.2 Å². The number of anilines is 1. The van der Waals surface area contributed by atoms with Crippen molar-refractivity contribution in [3.05, 3.63) is 66.9 Å². The zero-order valence-corrected chi connectivity index (χ0v) is 19.2. The summed E-state index contributed by atoms with van der Waals surface area (Å²) in [5.41, 5.74) is 10.9. The average molecular weight is 456 g/mol. The van der Waals surface area contributed by atoms with Crippen LogP contribution in [0.1, 0.15) is 38.1 Å². The highest BCUT2D eigenvalue weighted by Gasteiger charge is 2.27. The molecule has 0 radical (unpaired) electrons. The first kappa shape index (κ1) is 21.1. The van der Waals surface area contributed by atoms with E-state index in [1.807, 2.05) is 36.4 Å². The zero-order chi connectivity index (χ0) is 22.9. The van der Waals surface area contributed by atoms with E-state index in [-0.39, 0.29) is 6.10 Å². The molecule has 1 saturated heterocycles. The first-order valence-electron chi connectivity index (χ1n) is 12.1. The number of benzene rings is 2. The van der Waals surface area contributed by atoms with Gasteiger partial charge in [-0.15, -0.1) is 0 Å². The van der Waals surface area contributed by atoms with Crippen LogP contribution in [-0.2, 0) is 4.74 Å². The van der Waals surface area contributed by atoms with Gasteiger partial charge in [-0.3, -0.25) is 0 Å². The van der Waals surface area contributed by atoms with Gasteiger partial charge in [0, 0.05) is 48.2 Å². The molecule has 1 aliphatic heterocycles. The van der Waals surface area contributed by atoms with Gasteiger partial charge in [0.2, 0.25) is 5.88 Å². The maximum Gasteiger partial charge on any atom is 0.219 e. The monoisotopic (exact) mass is 455 g/mol. The molecule has 0 amide bonds. The van der Waals surface area contributed by atoms with Gasteiger partial charge >= 0.3 is 0 Å². The Balaban J connectivity index is 1.36. The third-order valence-corrected chi connectivity index (χ3v) is 6.91. The third kappa shape index (κ3) is 3.99. The minimum atomic E-state index is 0.210. The van der Waals surface area contributed by atoms with E-state index in [0.717, 1.165) is 65.4 Å². The standard InChI is InChI=1S/C28H29N3O3/c29-27-24-12-11-23(33-22-13-16-32-17-14-22)18-25(24)31(20-4-3-5-20)28(27)19-7-9-21(10-8-19)34-26-6-1-2-15-30-26/h1-2,6-12,15,18,20,22H,3-5,13-14,16-17,29H2. The smallest absolute Gasteiger partial charge is 0.219 e. The van der Waals surface area contributed by atoms with Crippen LogP contribution >= 0.6 is 0 Å². The van der Waals surface area contributed by atoms with Gasteiger partial charge in [-0.1, -0.05) is 6.07 Å². The molecule has 2 aromatic heterocycles. The molecule has 1 saturated carbocycles. The normalized spacial score (nSPS) is 16.9.